The molecule has 0 aliphatic carbocycles. The van der Waals surface area contributed by atoms with Crippen molar-refractivity contribution in [2.75, 3.05) is 38.1 Å². The van der Waals surface area contributed by atoms with Crippen molar-refractivity contribution >= 4 is 29.2 Å². The number of nitrogens with one attached hydrogen (secondary N) is 1. The predicted octanol–water partition coefficient (Wildman–Crippen LogP) is 4.26. The van der Waals surface area contributed by atoms with E-state index >= 15 is 0 Å². The lowest BCUT2D eigenvalue weighted by molar-refractivity contribution is 0.0988. The first-order valence-corrected chi connectivity index (χ1v) is 10.8. The van der Waals surface area contributed by atoms with Crippen molar-refractivity contribution in [1.82, 2.24) is 14.4 Å². The first kappa shape index (κ1) is 23.6. The predicted molar refractivity (Wildman–Crippen MR) is 131 cm³/mol. The lowest BCUT2D eigenvalue weighted by atomic mass is 10.2. The minimum Gasteiger partial charge on any atom is -0.493 e. The van der Waals surface area contributed by atoms with Crippen LogP contribution in [-0.2, 0) is 4.74 Å². The molecule has 0 radical (unpaired) electrons. The van der Waals surface area contributed by atoms with Crippen LogP contribution in [0.4, 0.5) is 16.3 Å². The summed E-state index contributed by atoms with van der Waals surface area (Å²) in [6, 6.07) is 12.4. The Kier molecular flexibility index (Phi) is 6.81. The molecular weight excluding hydrogens is 450 g/mol. The molecule has 0 aliphatic rings. The molecule has 1 aromatic carbocycles. The molecule has 180 valence electrons. The summed E-state index contributed by atoms with van der Waals surface area (Å²) in [5.41, 5.74) is 3.39. The molecule has 0 unspecified atom stereocenters. The average molecular weight is 476 g/mol. The molecule has 0 aliphatic heterocycles. The molecular formula is C25H25N5O5. The minimum atomic E-state index is -0.599. The van der Waals surface area contributed by atoms with Gasteiger partial charge in [-0.2, -0.15) is 0 Å². The van der Waals surface area contributed by atoms with Gasteiger partial charge in [-0.25, -0.2) is 14.8 Å². The second-order valence-electron chi connectivity index (χ2n) is 7.43. The molecule has 4 rings (SSSR count). The lowest BCUT2D eigenvalue weighted by Crippen LogP contribution is -2.30. The van der Waals surface area contributed by atoms with Gasteiger partial charge in [0.05, 0.1) is 38.8 Å². The number of nitrogens with zero attached hydrogens (tertiary/aromatic N) is 4. The third kappa shape index (κ3) is 4.72. The molecule has 0 fully saturated rings. The Balaban J connectivity index is 1.66. The number of imidazole rings is 1. The molecule has 35 heavy (non-hydrogen) atoms. The second kappa shape index (κ2) is 10.1. The maximum atomic E-state index is 13.5. The van der Waals surface area contributed by atoms with Gasteiger partial charge in [0.25, 0.3) is 5.91 Å². The second-order valence-corrected chi connectivity index (χ2v) is 7.43. The fourth-order valence-electron chi connectivity index (χ4n) is 3.69. The van der Waals surface area contributed by atoms with Gasteiger partial charge in [0.2, 0.25) is 0 Å². The Morgan fingerprint density at radius 2 is 1.77 bits per heavy atom. The van der Waals surface area contributed by atoms with Gasteiger partial charge in [-0.05, 0) is 43.3 Å². The lowest BCUT2D eigenvalue weighted by Gasteiger charge is -2.22. The highest BCUT2D eigenvalue weighted by atomic mass is 16.5. The van der Waals surface area contributed by atoms with Crippen molar-refractivity contribution in [3.8, 4) is 22.8 Å². The number of hydrogen-bond acceptors (Lipinski definition) is 7. The maximum Gasteiger partial charge on any atom is 0.412 e. The van der Waals surface area contributed by atoms with Crippen molar-refractivity contribution in [2.45, 2.75) is 6.92 Å². The Morgan fingerprint density at radius 3 is 2.43 bits per heavy atom. The molecule has 10 heteroatoms. The quantitative estimate of drug-likeness (QED) is 0.426. The summed E-state index contributed by atoms with van der Waals surface area (Å²) < 4.78 is 17.1. The van der Waals surface area contributed by atoms with E-state index in [1.54, 1.807) is 74.1 Å². The van der Waals surface area contributed by atoms with E-state index in [-0.39, 0.29) is 5.91 Å². The number of pyridine rings is 2. The molecule has 0 saturated heterocycles. The third-order valence-electron chi connectivity index (χ3n) is 5.47. The van der Waals surface area contributed by atoms with Gasteiger partial charge in [0, 0.05) is 36.3 Å². The largest absolute Gasteiger partial charge is 0.493 e. The van der Waals surface area contributed by atoms with Crippen LogP contribution >= 0.6 is 0 Å². The van der Waals surface area contributed by atoms with Crippen molar-refractivity contribution in [2.24, 2.45) is 0 Å². The summed E-state index contributed by atoms with van der Waals surface area (Å²) in [5.74, 6) is 1.32. The van der Waals surface area contributed by atoms with Crippen molar-refractivity contribution < 1.29 is 23.8 Å². The molecule has 3 aromatic heterocycles. The van der Waals surface area contributed by atoms with Crippen LogP contribution in [0.3, 0.4) is 0 Å². The highest BCUT2D eigenvalue weighted by Gasteiger charge is 2.19. The van der Waals surface area contributed by atoms with Crippen molar-refractivity contribution in [3.63, 3.8) is 0 Å². The van der Waals surface area contributed by atoms with Crippen LogP contribution in [0.2, 0.25) is 0 Å². The van der Waals surface area contributed by atoms with Crippen LogP contribution in [0.15, 0.2) is 61.1 Å². The van der Waals surface area contributed by atoms with Gasteiger partial charge in [0.15, 0.2) is 11.5 Å². The first-order valence-electron chi connectivity index (χ1n) is 10.8. The van der Waals surface area contributed by atoms with E-state index in [0.717, 1.165) is 11.3 Å². The van der Waals surface area contributed by atoms with Crippen LogP contribution in [0.1, 0.15) is 17.3 Å². The van der Waals surface area contributed by atoms with E-state index in [2.05, 4.69) is 20.0 Å². The summed E-state index contributed by atoms with van der Waals surface area (Å²) in [6.45, 7) is 2.37. The third-order valence-corrected chi connectivity index (χ3v) is 5.47. The van der Waals surface area contributed by atoms with E-state index in [9.17, 15) is 9.59 Å². The zero-order chi connectivity index (χ0) is 24.9. The van der Waals surface area contributed by atoms with Crippen molar-refractivity contribution in [1.29, 1.82) is 0 Å². The zero-order valence-corrected chi connectivity index (χ0v) is 19.8. The van der Waals surface area contributed by atoms with Crippen molar-refractivity contribution in [3.05, 3.63) is 66.6 Å². The van der Waals surface area contributed by atoms with Gasteiger partial charge in [-0.15, -0.1) is 0 Å². The number of carbonyl (C=O) groups is 2. The fraction of sp³-hybridized carbons (Fsp3) is 0.200. The number of hydrogen-bond donors (Lipinski definition) is 1. The topological polar surface area (TPSA) is 107 Å². The Morgan fingerprint density at radius 1 is 0.971 bits per heavy atom. The van der Waals surface area contributed by atoms with Crippen LogP contribution in [0.25, 0.3) is 16.9 Å². The van der Waals surface area contributed by atoms with Gasteiger partial charge in [-0.1, -0.05) is 0 Å². The Labute approximate surface area is 202 Å². The molecule has 2 amide bonds. The van der Waals surface area contributed by atoms with Crippen LogP contribution in [0, 0.1) is 0 Å². The molecule has 0 saturated carbocycles. The van der Waals surface area contributed by atoms with Crippen LogP contribution in [0.5, 0.6) is 11.5 Å². The molecule has 0 bridgehead atoms. The summed E-state index contributed by atoms with van der Waals surface area (Å²) in [4.78, 5) is 35.2. The molecule has 4 aromatic rings. The number of rotatable bonds is 7. The monoisotopic (exact) mass is 475 g/mol. The summed E-state index contributed by atoms with van der Waals surface area (Å²) in [5, 5.41) is 2.51. The highest BCUT2D eigenvalue weighted by molar-refractivity contribution is 6.06. The van der Waals surface area contributed by atoms with Gasteiger partial charge in [-0.3, -0.25) is 14.5 Å². The van der Waals surface area contributed by atoms with E-state index in [4.69, 9.17) is 9.47 Å². The minimum absolute atomic E-state index is 0.169. The molecule has 10 nitrogen and oxygen atoms in total. The number of aromatic nitrogens is 3. The SMILES string of the molecule is CCN(C(=O)c1ccc2ncc(-c3ccc(NC(=O)OC)nc3)n2c1)c1ccc(OC)c(OC)c1. The number of ether oxygens (including phenoxy) is 3. The normalized spacial score (nSPS) is 10.6. The zero-order valence-electron chi connectivity index (χ0n) is 19.8. The van der Waals surface area contributed by atoms with Crippen LogP contribution < -0.4 is 19.7 Å². The number of benzene rings is 1. The standard InChI is InChI=1S/C25H25N5O5/c1-5-29(18-8-9-20(33-2)21(12-18)34-3)24(31)17-7-11-23-27-14-19(30(23)15-17)16-6-10-22(26-13-16)28-25(32)35-4/h6-15H,5H2,1-4H3,(H,26,28,32). The molecule has 1 N–H and O–H groups in total. The summed E-state index contributed by atoms with van der Waals surface area (Å²) in [6.07, 6.45) is 4.48. The highest BCUT2D eigenvalue weighted by Crippen LogP contribution is 2.32. The number of methoxy groups -OCH3 is 3. The number of fused-ring (bicyclic) bond motifs is 1. The summed E-state index contributed by atoms with van der Waals surface area (Å²) in [7, 11) is 4.41. The average Bonchev–Trinajstić information content (AvgIpc) is 3.32. The molecule has 0 atom stereocenters. The Hall–Kier alpha value is -4.60. The van der Waals surface area contributed by atoms with Gasteiger partial charge < -0.3 is 19.1 Å². The summed E-state index contributed by atoms with van der Waals surface area (Å²) >= 11 is 0. The van der Waals surface area contributed by atoms with Gasteiger partial charge in [0.1, 0.15) is 11.5 Å². The molecule has 3 heterocycles. The van der Waals surface area contributed by atoms with E-state index in [0.29, 0.717) is 40.8 Å². The smallest absolute Gasteiger partial charge is 0.412 e. The fourth-order valence-corrected chi connectivity index (χ4v) is 3.69. The number of anilines is 2. The van der Waals surface area contributed by atoms with Crippen LogP contribution in [-0.4, -0.2) is 54.2 Å². The van der Waals surface area contributed by atoms with E-state index in [1.165, 1.54) is 7.11 Å². The number of carbonyl (C=O) groups excluding carboxylic acids is 2. The maximum absolute atomic E-state index is 13.5. The molecule has 0 spiro atoms. The van der Waals surface area contributed by atoms with E-state index in [1.807, 2.05) is 17.4 Å². The Bertz CT molecular complexity index is 1370. The first-order chi connectivity index (χ1) is 17.0. The van der Waals surface area contributed by atoms with Gasteiger partial charge >= 0.3 is 6.09 Å². The number of amides is 2. The van der Waals surface area contributed by atoms with E-state index < -0.39 is 6.09 Å².